The van der Waals surface area contributed by atoms with Gasteiger partial charge in [0.05, 0.1) is 5.71 Å². The van der Waals surface area contributed by atoms with Crippen LogP contribution in [0.4, 0.5) is 0 Å². The second kappa shape index (κ2) is 10.9. The number of carbonyl (C=O) groups excluding carboxylic acids is 1. The molecule has 0 fully saturated rings. The zero-order valence-corrected chi connectivity index (χ0v) is 19.8. The summed E-state index contributed by atoms with van der Waals surface area (Å²) in [6, 6.07) is 9.40. The summed E-state index contributed by atoms with van der Waals surface area (Å²) in [7, 11) is 8.30. The van der Waals surface area contributed by atoms with Crippen LogP contribution in [0.1, 0.15) is 34.7 Å². The molecule has 30 heavy (non-hydrogen) atoms. The molecule has 156 valence electrons. The van der Waals surface area contributed by atoms with Crippen LogP contribution >= 0.6 is 18.5 Å². The van der Waals surface area contributed by atoms with E-state index >= 15 is 0 Å². The number of hydrogen-bond acceptors (Lipinski definition) is 5. The Balaban J connectivity index is 2.35. The maximum absolute atomic E-state index is 12.3. The molecule has 0 radical (unpaired) electrons. The third-order valence-corrected chi connectivity index (χ3v) is 5.92. The molecule has 0 aromatic heterocycles. The van der Waals surface area contributed by atoms with E-state index in [1.165, 1.54) is 14.2 Å². The highest BCUT2D eigenvalue weighted by Crippen LogP contribution is 2.18. The van der Waals surface area contributed by atoms with Crippen LogP contribution in [0.25, 0.3) is 0 Å². The summed E-state index contributed by atoms with van der Waals surface area (Å²) in [6.07, 6.45) is 5.54. The molecule has 0 aliphatic heterocycles. The molecule has 8 heteroatoms. The first-order chi connectivity index (χ1) is 14.3. The van der Waals surface area contributed by atoms with Crippen LogP contribution in [0.3, 0.4) is 0 Å². The molecule has 0 bridgehead atoms. The van der Waals surface area contributed by atoms with Crippen LogP contribution in [0.15, 0.2) is 40.6 Å². The quantitative estimate of drug-likeness (QED) is 0.309. The minimum absolute atomic E-state index is 0.161. The maximum atomic E-state index is 12.3. The van der Waals surface area contributed by atoms with Crippen LogP contribution in [-0.4, -0.2) is 31.5 Å². The average molecular weight is 441 g/mol. The average Bonchev–Trinajstić information content (AvgIpc) is 2.74. The number of benzene rings is 2. The lowest BCUT2D eigenvalue weighted by Crippen LogP contribution is -2.29. The molecule has 1 N–H and O–H groups in total. The lowest BCUT2D eigenvalue weighted by atomic mass is 9.98. The lowest BCUT2D eigenvalue weighted by Gasteiger charge is -2.13. The van der Waals surface area contributed by atoms with Gasteiger partial charge in [0.1, 0.15) is 13.7 Å². The molecule has 2 aromatic carbocycles. The van der Waals surface area contributed by atoms with Crippen molar-refractivity contribution in [1.29, 1.82) is 0 Å². The zero-order valence-electron chi connectivity index (χ0n) is 17.4. The number of likely N-dealkylation sites (N-methyl/N-ethyl adjacent to an activating group) is 1. The van der Waals surface area contributed by atoms with E-state index in [1.54, 1.807) is 6.07 Å². The van der Waals surface area contributed by atoms with Crippen molar-refractivity contribution in [2.24, 2.45) is 10.3 Å². The first kappa shape index (κ1) is 23.5. The third kappa shape index (κ3) is 5.45. The Morgan fingerprint density at radius 1 is 1.23 bits per heavy atom. The van der Waals surface area contributed by atoms with Crippen LogP contribution in [0.5, 0.6) is 0 Å². The van der Waals surface area contributed by atoms with Crippen molar-refractivity contribution < 1.29 is 14.5 Å². The summed E-state index contributed by atoms with van der Waals surface area (Å²) in [4.78, 5) is 22.8. The summed E-state index contributed by atoms with van der Waals surface area (Å²) in [5.74, 6) is 2.29. The number of terminal acetylenes is 1. The van der Waals surface area contributed by atoms with Gasteiger partial charge in [0.15, 0.2) is 5.71 Å². The highest BCUT2D eigenvalue weighted by molar-refractivity contribution is 7.36. The SMILES string of the molecule is C#Cc1cc(P)c(P)c(/C(C)=N/OCc2c(C)cccc2/C(=N\OC)C(=O)NC)c1. The molecular weight excluding hydrogens is 416 g/mol. The first-order valence-corrected chi connectivity index (χ1v) is 10.2. The summed E-state index contributed by atoms with van der Waals surface area (Å²) < 4.78 is 0. The van der Waals surface area contributed by atoms with E-state index in [4.69, 9.17) is 16.1 Å². The molecule has 0 spiro atoms. The van der Waals surface area contributed by atoms with Gasteiger partial charge >= 0.3 is 0 Å². The molecular formula is C22H25N3O3P2. The number of rotatable bonds is 7. The van der Waals surface area contributed by atoms with Crippen molar-refractivity contribution in [3.63, 3.8) is 0 Å². The Morgan fingerprint density at radius 3 is 2.60 bits per heavy atom. The largest absolute Gasteiger partial charge is 0.398 e. The van der Waals surface area contributed by atoms with Gasteiger partial charge in [-0.1, -0.05) is 34.4 Å². The lowest BCUT2D eigenvalue weighted by molar-refractivity contribution is -0.114. The minimum atomic E-state index is -0.352. The van der Waals surface area contributed by atoms with Crippen molar-refractivity contribution in [3.8, 4) is 12.3 Å². The number of amides is 1. The Labute approximate surface area is 181 Å². The molecule has 0 saturated heterocycles. The standard InChI is InChI=1S/C22H25N3O3P2/c1-6-15-10-17(21(30)19(29)11-15)14(3)24-28-12-18-13(2)8-7-9-16(18)20(25-27-5)22(26)23-4/h1,7-11H,12,29-30H2,2-5H3,(H,23,26)/b24-14+,25-20+. The smallest absolute Gasteiger partial charge is 0.273 e. The van der Waals surface area contributed by atoms with Gasteiger partial charge < -0.3 is 15.0 Å². The topological polar surface area (TPSA) is 72.3 Å². The zero-order chi connectivity index (χ0) is 22.3. The maximum Gasteiger partial charge on any atom is 0.273 e. The second-order valence-corrected chi connectivity index (χ2v) is 7.62. The number of carbonyl (C=O) groups is 1. The predicted molar refractivity (Wildman–Crippen MR) is 129 cm³/mol. The monoisotopic (exact) mass is 441 g/mol. The number of nitrogens with one attached hydrogen (secondary N) is 1. The van der Waals surface area contributed by atoms with Gasteiger partial charge in [-0.25, -0.2) is 0 Å². The fourth-order valence-corrected chi connectivity index (χ4v) is 3.55. The van der Waals surface area contributed by atoms with Crippen LogP contribution < -0.4 is 15.9 Å². The normalized spacial score (nSPS) is 11.6. The summed E-state index contributed by atoms with van der Waals surface area (Å²) >= 11 is 0. The van der Waals surface area contributed by atoms with E-state index in [0.29, 0.717) is 11.3 Å². The Hall–Kier alpha value is -2.73. The fraction of sp³-hybridized carbons (Fsp3) is 0.227. The fourth-order valence-electron chi connectivity index (χ4n) is 2.84. The van der Waals surface area contributed by atoms with Gasteiger partial charge in [-0.2, -0.15) is 0 Å². The summed E-state index contributed by atoms with van der Waals surface area (Å²) in [5, 5.41) is 12.7. The van der Waals surface area contributed by atoms with E-state index in [2.05, 4.69) is 40.0 Å². The Morgan fingerprint density at radius 2 is 1.97 bits per heavy atom. The van der Waals surface area contributed by atoms with E-state index in [0.717, 1.165) is 32.9 Å². The first-order valence-electron chi connectivity index (χ1n) is 9.08. The highest BCUT2D eigenvalue weighted by atomic mass is 31.0. The van der Waals surface area contributed by atoms with Gasteiger partial charge in [0.2, 0.25) is 0 Å². The summed E-state index contributed by atoms with van der Waals surface area (Å²) in [6.45, 7) is 3.95. The minimum Gasteiger partial charge on any atom is -0.398 e. The predicted octanol–water partition coefficient (Wildman–Crippen LogP) is 2.01. The molecule has 2 rings (SSSR count). The van der Waals surface area contributed by atoms with Crippen molar-refractivity contribution in [3.05, 3.63) is 58.1 Å². The van der Waals surface area contributed by atoms with Crippen molar-refractivity contribution in [2.45, 2.75) is 20.5 Å². The van der Waals surface area contributed by atoms with Gasteiger partial charge in [0, 0.05) is 29.3 Å². The Kier molecular flexibility index (Phi) is 8.54. The highest BCUT2D eigenvalue weighted by Gasteiger charge is 2.19. The third-order valence-electron chi connectivity index (χ3n) is 4.47. The molecule has 0 heterocycles. The molecule has 2 unspecified atom stereocenters. The molecule has 1 amide bonds. The van der Waals surface area contributed by atoms with Crippen LogP contribution in [0.2, 0.25) is 0 Å². The molecule has 0 aliphatic carbocycles. The van der Waals surface area contributed by atoms with Crippen molar-refractivity contribution >= 4 is 46.4 Å². The molecule has 0 aliphatic rings. The second-order valence-electron chi connectivity index (χ2n) is 6.42. The van der Waals surface area contributed by atoms with Gasteiger partial charge in [-0.15, -0.1) is 24.9 Å². The van der Waals surface area contributed by atoms with Gasteiger partial charge in [-0.05, 0) is 42.2 Å². The van der Waals surface area contributed by atoms with Crippen molar-refractivity contribution in [2.75, 3.05) is 14.2 Å². The summed E-state index contributed by atoms with van der Waals surface area (Å²) in [5.41, 5.74) is 4.88. The number of nitrogens with zero attached hydrogens (tertiary/aromatic N) is 2. The number of oxime groups is 2. The van der Waals surface area contributed by atoms with Gasteiger partial charge in [-0.3, -0.25) is 4.79 Å². The Bertz CT molecular complexity index is 1060. The molecule has 6 nitrogen and oxygen atoms in total. The van der Waals surface area contributed by atoms with Crippen LogP contribution in [0, 0.1) is 19.3 Å². The molecule has 2 atom stereocenters. The van der Waals surface area contributed by atoms with E-state index in [9.17, 15) is 4.79 Å². The number of aryl methyl sites for hydroxylation is 1. The molecule has 2 aromatic rings. The van der Waals surface area contributed by atoms with E-state index < -0.39 is 0 Å². The van der Waals surface area contributed by atoms with Gasteiger partial charge in [0.25, 0.3) is 5.91 Å². The van der Waals surface area contributed by atoms with E-state index in [1.807, 2.05) is 38.1 Å². The van der Waals surface area contributed by atoms with Crippen molar-refractivity contribution in [1.82, 2.24) is 5.32 Å². The number of hydrogen-bond donors (Lipinski definition) is 1. The van der Waals surface area contributed by atoms with Crippen LogP contribution in [-0.2, 0) is 21.1 Å². The molecule has 0 saturated carbocycles. The van der Waals surface area contributed by atoms with E-state index in [-0.39, 0.29) is 18.2 Å².